The zero-order valence-electron chi connectivity index (χ0n) is 24.5. The lowest BCUT2D eigenvalue weighted by molar-refractivity contribution is -0.00498. The number of unbranched alkanes of at least 4 members (excludes halogenated alkanes) is 18. The van der Waals surface area contributed by atoms with Crippen molar-refractivity contribution in [1.82, 2.24) is 0 Å². The second-order valence-electron chi connectivity index (χ2n) is 10.1. The molecule has 9 heteroatoms. The maximum atomic E-state index is 10.3. The predicted octanol–water partition coefficient (Wildman–Crippen LogP) is 7.30. The van der Waals surface area contributed by atoms with Crippen LogP contribution in [0.4, 0.5) is 0 Å². The van der Waals surface area contributed by atoms with E-state index in [1.807, 2.05) is 0 Å². The smallest absolute Gasteiger partial charge is 0.379 e. The molecule has 0 saturated carbocycles. The summed E-state index contributed by atoms with van der Waals surface area (Å²) in [7, 11) is -4.39. The van der Waals surface area contributed by atoms with Gasteiger partial charge in [-0.25, -0.2) is 4.18 Å². The molecule has 0 aromatic rings. The SMILES string of the molecule is CCCCCCCCCCCCCCCCCCCCCOCCOCCOCCOCCOS(=O)(=O)O. The van der Waals surface area contributed by atoms with E-state index < -0.39 is 10.4 Å². The van der Waals surface area contributed by atoms with Crippen LogP contribution in [0.25, 0.3) is 0 Å². The molecule has 0 spiro atoms. The van der Waals surface area contributed by atoms with E-state index in [0.29, 0.717) is 39.6 Å². The summed E-state index contributed by atoms with van der Waals surface area (Å²) in [4.78, 5) is 0. The van der Waals surface area contributed by atoms with Crippen LogP contribution in [0, 0.1) is 0 Å². The third kappa shape index (κ3) is 35.7. The molecule has 0 aliphatic heterocycles. The average molecular weight is 569 g/mol. The predicted molar refractivity (Wildman–Crippen MR) is 154 cm³/mol. The Labute approximate surface area is 234 Å². The second kappa shape index (κ2) is 31.2. The summed E-state index contributed by atoms with van der Waals surface area (Å²) in [5.74, 6) is 0. The quantitative estimate of drug-likeness (QED) is 0.0650. The van der Waals surface area contributed by atoms with Crippen molar-refractivity contribution in [3.8, 4) is 0 Å². The van der Waals surface area contributed by atoms with E-state index in [2.05, 4.69) is 11.1 Å². The Morgan fingerprint density at radius 2 is 0.658 bits per heavy atom. The molecule has 230 valence electrons. The average Bonchev–Trinajstić information content (AvgIpc) is 2.88. The van der Waals surface area contributed by atoms with E-state index in [-0.39, 0.29) is 13.2 Å². The lowest BCUT2D eigenvalue weighted by Crippen LogP contribution is -2.14. The molecule has 0 amide bonds. The summed E-state index contributed by atoms with van der Waals surface area (Å²) in [5.41, 5.74) is 0. The summed E-state index contributed by atoms with van der Waals surface area (Å²) < 4.78 is 54.7. The van der Waals surface area contributed by atoms with Crippen LogP contribution in [0.5, 0.6) is 0 Å². The van der Waals surface area contributed by atoms with Gasteiger partial charge in [0, 0.05) is 6.61 Å². The molecule has 0 rings (SSSR count). The van der Waals surface area contributed by atoms with Crippen LogP contribution in [-0.4, -0.2) is 72.4 Å². The molecular weight excluding hydrogens is 508 g/mol. The topological polar surface area (TPSA) is 101 Å². The van der Waals surface area contributed by atoms with Gasteiger partial charge in [-0.3, -0.25) is 4.55 Å². The molecule has 0 aliphatic carbocycles. The van der Waals surface area contributed by atoms with Gasteiger partial charge in [-0.1, -0.05) is 122 Å². The molecule has 0 atom stereocenters. The third-order valence-electron chi connectivity index (χ3n) is 6.47. The van der Waals surface area contributed by atoms with Gasteiger partial charge < -0.3 is 18.9 Å². The van der Waals surface area contributed by atoms with E-state index in [4.69, 9.17) is 23.5 Å². The van der Waals surface area contributed by atoms with Crippen LogP contribution < -0.4 is 0 Å². The molecule has 0 aliphatic rings. The Morgan fingerprint density at radius 3 is 0.974 bits per heavy atom. The Morgan fingerprint density at radius 1 is 0.395 bits per heavy atom. The normalized spacial score (nSPS) is 11.9. The van der Waals surface area contributed by atoms with Crippen molar-refractivity contribution in [2.75, 3.05) is 59.5 Å². The van der Waals surface area contributed by atoms with Crippen molar-refractivity contribution < 1.29 is 36.1 Å². The van der Waals surface area contributed by atoms with Crippen molar-refractivity contribution in [2.24, 2.45) is 0 Å². The molecule has 0 unspecified atom stereocenters. The van der Waals surface area contributed by atoms with Crippen molar-refractivity contribution in [3.05, 3.63) is 0 Å². The maximum absolute atomic E-state index is 10.3. The zero-order valence-corrected chi connectivity index (χ0v) is 25.3. The highest BCUT2D eigenvalue weighted by molar-refractivity contribution is 7.80. The molecule has 0 aromatic heterocycles. The molecule has 0 heterocycles. The first-order valence-corrected chi connectivity index (χ1v) is 16.9. The maximum Gasteiger partial charge on any atom is 0.397 e. The lowest BCUT2D eigenvalue weighted by atomic mass is 10.0. The van der Waals surface area contributed by atoms with Gasteiger partial charge >= 0.3 is 10.4 Å². The fraction of sp³-hybridized carbons (Fsp3) is 1.00. The zero-order chi connectivity index (χ0) is 27.8. The molecule has 38 heavy (non-hydrogen) atoms. The first kappa shape index (κ1) is 37.7. The van der Waals surface area contributed by atoms with Gasteiger partial charge in [0.25, 0.3) is 0 Å². The van der Waals surface area contributed by atoms with E-state index >= 15 is 0 Å². The first-order valence-electron chi connectivity index (χ1n) is 15.5. The Balaban J connectivity index is 3.05. The van der Waals surface area contributed by atoms with E-state index in [1.165, 1.54) is 116 Å². The van der Waals surface area contributed by atoms with E-state index in [9.17, 15) is 8.42 Å². The van der Waals surface area contributed by atoms with E-state index in [1.54, 1.807) is 0 Å². The summed E-state index contributed by atoms with van der Waals surface area (Å²) in [6, 6.07) is 0. The second-order valence-corrected chi connectivity index (χ2v) is 11.2. The molecule has 0 saturated heterocycles. The summed E-state index contributed by atoms with van der Waals surface area (Å²) in [5, 5.41) is 0. The van der Waals surface area contributed by atoms with Gasteiger partial charge in [-0.15, -0.1) is 0 Å². The van der Waals surface area contributed by atoms with Crippen LogP contribution in [0.15, 0.2) is 0 Å². The Hall–Kier alpha value is -0.290. The summed E-state index contributed by atoms with van der Waals surface area (Å²) >= 11 is 0. The molecule has 0 bridgehead atoms. The summed E-state index contributed by atoms with van der Waals surface area (Å²) in [6.07, 6.45) is 26.4. The molecular formula is C29H60O8S. The minimum Gasteiger partial charge on any atom is -0.379 e. The van der Waals surface area contributed by atoms with Gasteiger partial charge in [0.15, 0.2) is 0 Å². The number of hydrogen-bond donors (Lipinski definition) is 1. The number of rotatable bonds is 33. The molecule has 0 fully saturated rings. The van der Waals surface area contributed by atoms with Crippen LogP contribution in [0.3, 0.4) is 0 Å². The minimum absolute atomic E-state index is 0.0660. The number of hydrogen-bond acceptors (Lipinski definition) is 7. The highest BCUT2D eigenvalue weighted by Gasteiger charge is 2.02. The van der Waals surface area contributed by atoms with Gasteiger partial charge in [0.1, 0.15) is 0 Å². The standard InChI is InChI=1S/C29H60O8S/c1-2-3-4-5-6-7-8-9-10-11-12-13-14-15-16-17-18-19-20-21-33-22-23-34-24-25-35-26-27-36-28-29-37-38(30,31)32/h2-29H2,1H3,(H,30,31,32). The highest BCUT2D eigenvalue weighted by Crippen LogP contribution is 2.14. The van der Waals surface area contributed by atoms with Crippen LogP contribution >= 0.6 is 0 Å². The molecule has 8 nitrogen and oxygen atoms in total. The van der Waals surface area contributed by atoms with Crippen LogP contribution in [0.1, 0.15) is 129 Å². The summed E-state index contributed by atoms with van der Waals surface area (Å²) in [6.45, 7) is 5.76. The first-order chi connectivity index (χ1) is 18.6. The van der Waals surface area contributed by atoms with Gasteiger partial charge in [-0.05, 0) is 6.42 Å². The Bertz CT molecular complexity index is 545. The van der Waals surface area contributed by atoms with E-state index in [0.717, 1.165) is 13.0 Å². The van der Waals surface area contributed by atoms with Crippen molar-refractivity contribution >= 4 is 10.4 Å². The fourth-order valence-electron chi connectivity index (χ4n) is 4.24. The molecule has 0 radical (unpaired) electrons. The monoisotopic (exact) mass is 568 g/mol. The van der Waals surface area contributed by atoms with Crippen molar-refractivity contribution in [1.29, 1.82) is 0 Å². The van der Waals surface area contributed by atoms with Crippen molar-refractivity contribution in [2.45, 2.75) is 129 Å². The van der Waals surface area contributed by atoms with Gasteiger partial charge in [-0.2, -0.15) is 8.42 Å². The number of ether oxygens (including phenoxy) is 4. The lowest BCUT2D eigenvalue weighted by Gasteiger charge is -2.07. The largest absolute Gasteiger partial charge is 0.397 e. The fourth-order valence-corrected chi connectivity index (χ4v) is 4.52. The van der Waals surface area contributed by atoms with Crippen molar-refractivity contribution in [3.63, 3.8) is 0 Å². The minimum atomic E-state index is -4.39. The van der Waals surface area contributed by atoms with Gasteiger partial charge in [0.2, 0.25) is 0 Å². The highest BCUT2D eigenvalue weighted by atomic mass is 32.3. The Kier molecular flexibility index (Phi) is 31.0. The third-order valence-corrected chi connectivity index (χ3v) is 6.93. The van der Waals surface area contributed by atoms with Crippen LogP contribution in [0.2, 0.25) is 0 Å². The van der Waals surface area contributed by atoms with Gasteiger partial charge in [0.05, 0.1) is 52.9 Å². The molecule has 0 aromatic carbocycles. The molecule has 1 N–H and O–H groups in total. The van der Waals surface area contributed by atoms with Crippen LogP contribution in [-0.2, 0) is 33.5 Å².